The zero-order valence-corrected chi connectivity index (χ0v) is 10.9. The van der Waals surface area contributed by atoms with Gasteiger partial charge in [-0.05, 0) is 30.7 Å². The monoisotopic (exact) mass is 293 g/mol. The Kier molecular flexibility index (Phi) is 3.58. The van der Waals surface area contributed by atoms with Crippen LogP contribution in [0.1, 0.15) is 12.6 Å². The van der Waals surface area contributed by atoms with E-state index in [1.807, 2.05) is 31.2 Å². The van der Waals surface area contributed by atoms with Crippen molar-refractivity contribution >= 4 is 27.6 Å². The number of hydrogen-bond donors (Lipinski definition) is 2. The molecule has 0 bridgehead atoms. The van der Waals surface area contributed by atoms with Gasteiger partial charge in [0.1, 0.15) is 0 Å². The molecular weight excluding hydrogens is 282 g/mol. The van der Waals surface area contributed by atoms with Crippen LogP contribution in [0.3, 0.4) is 0 Å². The Balaban J connectivity index is 2.26. The van der Waals surface area contributed by atoms with E-state index in [2.05, 4.69) is 31.2 Å². The molecule has 0 radical (unpaired) electrons. The Hall–Kier alpha value is -1.62. The molecule has 5 heteroatoms. The minimum atomic E-state index is -0.142. The third kappa shape index (κ3) is 3.17. The number of hydrogen-bond acceptors (Lipinski definition) is 3. The van der Waals surface area contributed by atoms with E-state index >= 15 is 0 Å². The maximum atomic E-state index is 11.4. The van der Waals surface area contributed by atoms with Crippen LogP contribution >= 0.6 is 15.9 Å². The number of halogens is 1. The van der Waals surface area contributed by atoms with Crippen LogP contribution in [0.2, 0.25) is 0 Å². The lowest BCUT2D eigenvalue weighted by atomic mass is 10.3. The summed E-state index contributed by atoms with van der Waals surface area (Å²) in [5, 5.41) is 3.06. The maximum absolute atomic E-state index is 11.4. The van der Waals surface area contributed by atoms with Crippen LogP contribution in [0.15, 0.2) is 39.6 Å². The Morgan fingerprint density at radius 3 is 2.71 bits per heavy atom. The second-order valence-corrected chi connectivity index (χ2v) is 4.49. The summed E-state index contributed by atoms with van der Waals surface area (Å²) in [5.41, 5.74) is 1.51. The van der Waals surface area contributed by atoms with Gasteiger partial charge < -0.3 is 5.32 Å². The Labute approximate surface area is 107 Å². The number of aryl methyl sites for hydroxylation is 1. The number of rotatable bonds is 3. The van der Waals surface area contributed by atoms with Gasteiger partial charge in [0.2, 0.25) is 5.95 Å². The smallest absolute Gasteiger partial charge is 0.252 e. The molecule has 2 rings (SSSR count). The van der Waals surface area contributed by atoms with E-state index < -0.39 is 0 Å². The third-order valence-electron chi connectivity index (χ3n) is 2.26. The molecule has 17 heavy (non-hydrogen) atoms. The first-order chi connectivity index (χ1) is 8.17. The lowest BCUT2D eigenvalue weighted by molar-refractivity contribution is 0.986. The van der Waals surface area contributed by atoms with E-state index in [0.29, 0.717) is 5.95 Å². The number of aromatic nitrogens is 2. The number of nitrogens with zero attached hydrogens (tertiary/aromatic N) is 1. The molecule has 0 saturated heterocycles. The zero-order valence-electron chi connectivity index (χ0n) is 9.33. The van der Waals surface area contributed by atoms with Crippen LogP contribution in [0.25, 0.3) is 0 Å². The number of aromatic amines is 1. The molecule has 4 nitrogen and oxygen atoms in total. The number of H-pyrrole nitrogens is 1. The molecule has 1 aromatic carbocycles. The maximum Gasteiger partial charge on any atom is 0.252 e. The summed E-state index contributed by atoms with van der Waals surface area (Å²) in [6.45, 7) is 1.96. The van der Waals surface area contributed by atoms with Gasteiger partial charge >= 0.3 is 0 Å². The van der Waals surface area contributed by atoms with Crippen LogP contribution in [-0.4, -0.2) is 9.97 Å². The fraction of sp³-hybridized carbons (Fsp3) is 0.167. The van der Waals surface area contributed by atoms with Gasteiger partial charge in [-0.15, -0.1) is 0 Å². The normalized spacial score (nSPS) is 10.2. The highest BCUT2D eigenvalue weighted by atomic mass is 79.9. The number of nitrogens with one attached hydrogen (secondary N) is 2. The standard InChI is InChI=1S/C12H12BrN3O/c1-2-9-7-11(17)16-12(14-9)15-10-5-3-8(13)4-6-10/h3-7H,2H2,1H3,(H2,14,15,16,17). The van der Waals surface area contributed by atoms with Crippen LogP contribution < -0.4 is 10.9 Å². The predicted octanol–water partition coefficient (Wildman–Crippen LogP) is 2.84. The van der Waals surface area contributed by atoms with E-state index in [1.165, 1.54) is 6.07 Å². The minimum Gasteiger partial charge on any atom is -0.326 e. The first kappa shape index (κ1) is 11.9. The molecule has 1 aromatic heterocycles. The average Bonchev–Trinajstić information content (AvgIpc) is 2.31. The van der Waals surface area contributed by atoms with E-state index in [4.69, 9.17) is 0 Å². The summed E-state index contributed by atoms with van der Waals surface area (Å²) < 4.78 is 1.01. The van der Waals surface area contributed by atoms with Gasteiger partial charge in [-0.3, -0.25) is 9.78 Å². The first-order valence-corrected chi connectivity index (χ1v) is 6.09. The summed E-state index contributed by atoms with van der Waals surface area (Å²) in [6, 6.07) is 9.16. The fourth-order valence-corrected chi connectivity index (χ4v) is 1.68. The van der Waals surface area contributed by atoms with Crippen molar-refractivity contribution in [2.75, 3.05) is 5.32 Å². The van der Waals surface area contributed by atoms with Crippen LogP contribution in [0, 0.1) is 0 Å². The highest BCUT2D eigenvalue weighted by molar-refractivity contribution is 9.10. The zero-order chi connectivity index (χ0) is 12.3. The largest absolute Gasteiger partial charge is 0.326 e. The molecular formula is C12H12BrN3O. The predicted molar refractivity (Wildman–Crippen MR) is 71.7 cm³/mol. The average molecular weight is 294 g/mol. The van der Waals surface area contributed by atoms with Crippen molar-refractivity contribution in [2.45, 2.75) is 13.3 Å². The van der Waals surface area contributed by atoms with Gasteiger partial charge in [0.25, 0.3) is 5.56 Å². The SMILES string of the molecule is CCc1cc(=O)[nH]c(Nc2ccc(Br)cc2)n1. The second-order valence-electron chi connectivity index (χ2n) is 3.57. The van der Waals surface area contributed by atoms with Crippen LogP contribution in [0.4, 0.5) is 11.6 Å². The third-order valence-corrected chi connectivity index (χ3v) is 2.79. The first-order valence-electron chi connectivity index (χ1n) is 5.30. The fourth-order valence-electron chi connectivity index (χ4n) is 1.42. The molecule has 88 valence electrons. The summed E-state index contributed by atoms with van der Waals surface area (Å²) in [4.78, 5) is 18.3. The van der Waals surface area contributed by atoms with Gasteiger partial charge in [0.05, 0.1) is 0 Å². The molecule has 0 saturated carbocycles. The molecule has 0 fully saturated rings. The second kappa shape index (κ2) is 5.14. The van der Waals surface area contributed by atoms with Crippen LogP contribution in [0.5, 0.6) is 0 Å². The molecule has 0 unspecified atom stereocenters. The van der Waals surface area contributed by atoms with Crippen molar-refractivity contribution < 1.29 is 0 Å². The van der Waals surface area contributed by atoms with E-state index in [9.17, 15) is 4.79 Å². The van der Waals surface area contributed by atoms with Gasteiger partial charge in [-0.25, -0.2) is 4.98 Å². The molecule has 0 aliphatic carbocycles. The highest BCUT2D eigenvalue weighted by Crippen LogP contribution is 2.16. The Bertz CT molecular complexity index is 563. The Morgan fingerprint density at radius 2 is 2.06 bits per heavy atom. The van der Waals surface area contributed by atoms with E-state index in [1.54, 1.807) is 0 Å². The molecule has 0 aliphatic heterocycles. The van der Waals surface area contributed by atoms with E-state index in [-0.39, 0.29) is 5.56 Å². The summed E-state index contributed by atoms with van der Waals surface area (Å²) in [5.74, 6) is 0.469. The summed E-state index contributed by atoms with van der Waals surface area (Å²) >= 11 is 3.36. The minimum absolute atomic E-state index is 0.142. The quantitative estimate of drug-likeness (QED) is 0.915. The van der Waals surface area contributed by atoms with Gasteiger partial charge in [0.15, 0.2) is 0 Å². The molecule has 2 aromatic rings. The van der Waals surface area contributed by atoms with Crippen molar-refractivity contribution in [1.29, 1.82) is 0 Å². The summed E-state index contributed by atoms with van der Waals surface area (Å²) in [6.07, 6.45) is 0.735. The topological polar surface area (TPSA) is 57.8 Å². The van der Waals surface area contributed by atoms with E-state index in [0.717, 1.165) is 22.3 Å². The number of anilines is 2. The molecule has 0 amide bonds. The molecule has 0 atom stereocenters. The van der Waals surface area contributed by atoms with Crippen molar-refractivity contribution in [3.8, 4) is 0 Å². The van der Waals surface area contributed by atoms with Crippen molar-refractivity contribution in [3.63, 3.8) is 0 Å². The lowest BCUT2D eigenvalue weighted by Crippen LogP contribution is -2.11. The molecule has 1 heterocycles. The molecule has 0 aliphatic rings. The van der Waals surface area contributed by atoms with Crippen molar-refractivity contribution in [2.24, 2.45) is 0 Å². The van der Waals surface area contributed by atoms with Crippen LogP contribution in [-0.2, 0) is 6.42 Å². The summed E-state index contributed by atoms with van der Waals surface area (Å²) in [7, 11) is 0. The lowest BCUT2D eigenvalue weighted by Gasteiger charge is -2.06. The Morgan fingerprint density at radius 1 is 1.35 bits per heavy atom. The van der Waals surface area contributed by atoms with Gasteiger partial charge in [-0.2, -0.15) is 0 Å². The van der Waals surface area contributed by atoms with Crippen molar-refractivity contribution in [3.05, 3.63) is 50.9 Å². The number of benzene rings is 1. The molecule has 2 N–H and O–H groups in total. The highest BCUT2D eigenvalue weighted by Gasteiger charge is 2.00. The van der Waals surface area contributed by atoms with Gasteiger partial charge in [0, 0.05) is 21.9 Å². The van der Waals surface area contributed by atoms with Gasteiger partial charge in [-0.1, -0.05) is 22.9 Å². The molecule has 0 spiro atoms. The van der Waals surface area contributed by atoms with Crippen molar-refractivity contribution in [1.82, 2.24) is 9.97 Å².